The molecule has 0 aliphatic heterocycles. The first-order valence-electron chi connectivity index (χ1n) is 5.95. The fourth-order valence-electron chi connectivity index (χ4n) is 2.49. The second-order valence-electron chi connectivity index (χ2n) is 4.52. The van der Waals surface area contributed by atoms with Crippen LogP contribution in [0.1, 0.15) is 58.8 Å². The van der Waals surface area contributed by atoms with Gasteiger partial charge in [-0.3, -0.25) is 0 Å². The second-order valence-corrected chi connectivity index (χ2v) is 4.52. The van der Waals surface area contributed by atoms with E-state index >= 15 is 0 Å². The Labute approximate surface area is 88.9 Å². The van der Waals surface area contributed by atoms with Crippen LogP contribution >= 0.6 is 0 Å². The highest BCUT2D eigenvalue weighted by Crippen LogP contribution is 2.34. The Balaban J connectivity index is 0.00000169. The van der Waals surface area contributed by atoms with Gasteiger partial charge in [0.2, 0.25) is 0 Å². The monoisotopic (exact) mass is 198 g/mol. The van der Waals surface area contributed by atoms with Crippen molar-refractivity contribution in [3.63, 3.8) is 0 Å². The van der Waals surface area contributed by atoms with Crippen LogP contribution in [0.25, 0.3) is 0 Å². The van der Waals surface area contributed by atoms with E-state index in [-0.39, 0.29) is 5.48 Å². The Bertz CT molecular complexity index is 151. The van der Waals surface area contributed by atoms with Crippen LogP contribution in [0.15, 0.2) is 12.2 Å². The lowest BCUT2D eigenvalue weighted by molar-refractivity contribution is 0.378. The minimum Gasteiger partial charge on any atom is -0.412 e. The highest BCUT2D eigenvalue weighted by Gasteiger charge is 2.22. The van der Waals surface area contributed by atoms with Gasteiger partial charge >= 0.3 is 0 Å². The minimum atomic E-state index is 0. The molecule has 14 heavy (non-hydrogen) atoms. The van der Waals surface area contributed by atoms with Gasteiger partial charge in [-0.05, 0) is 31.6 Å². The minimum absolute atomic E-state index is 0. The zero-order chi connectivity index (χ0) is 9.52. The quantitative estimate of drug-likeness (QED) is 0.476. The van der Waals surface area contributed by atoms with Crippen molar-refractivity contribution in [3.05, 3.63) is 12.2 Å². The molecule has 0 heterocycles. The Morgan fingerprint density at radius 1 is 1.21 bits per heavy atom. The first-order chi connectivity index (χ1) is 6.34. The van der Waals surface area contributed by atoms with Crippen LogP contribution in [0, 0.1) is 11.8 Å². The summed E-state index contributed by atoms with van der Waals surface area (Å²) in [6.45, 7) is 4.54. The molecule has 0 saturated heterocycles. The van der Waals surface area contributed by atoms with Crippen LogP contribution in [0.4, 0.5) is 0 Å². The first-order valence-corrected chi connectivity index (χ1v) is 5.95. The standard InChI is InChI=1S/C13H24.H2O/c1-3-4-5-6-7-10-13-11-8-9-12(13)2;/h3-4,12-13H,5-11H2,1-2H3;1H2/b4-3-;/t12-,13?;/m1./s1. The van der Waals surface area contributed by atoms with Gasteiger partial charge in [-0.2, -0.15) is 0 Å². The van der Waals surface area contributed by atoms with Crippen LogP contribution in [-0.2, 0) is 0 Å². The molecule has 1 aliphatic carbocycles. The molecule has 1 aliphatic rings. The highest BCUT2D eigenvalue weighted by molar-refractivity contribution is 4.78. The van der Waals surface area contributed by atoms with E-state index in [1.165, 1.54) is 44.9 Å². The number of unbranched alkanes of at least 4 members (excludes halogenated alkanes) is 2. The smallest absolute Gasteiger partial charge is 0.0351 e. The third-order valence-electron chi connectivity index (χ3n) is 3.47. The van der Waals surface area contributed by atoms with Crippen molar-refractivity contribution >= 4 is 0 Å². The zero-order valence-corrected chi connectivity index (χ0v) is 9.76. The van der Waals surface area contributed by atoms with Gasteiger partial charge < -0.3 is 5.48 Å². The molecule has 1 rings (SSSR count). The fraction of sp³-hybridized carbons (Fsp3) is 0.846. The SMILES string of the molecule is C/C=C\CCCCC1CCC[C@H]1C.O. The third-order valence-corrected chi connectivity index (χ3v) is 3.47. The second kappa shape index (κ2) is 8.05. The van der Waals surface area contributed by atoms with Crippen LogP contribution in [0.2, 0.25) is 0 Å². The van der Waals surface area contributed by atoms with E-state index in [1.54, 1.807) is 0 Å². The van der Waals surface area contributed by atoms with Crippen molar-refractivity contribution in [2.75, 3.05) is 0 Å². The average Bonchev–Trinajstić information content (AvgIpc) is 2.52. The van der Waals surface area contributed by atoms with E-state index in [1.807, 2.05) is 0 Å². The molecule has 1 unspecified atom stereocenters. The van der Waals surface area contributed by atoms with E-state index in [0.717, 1.165) is 11.8 Å². The molecule has 1 fully saturated rings. The highest BCUT2D eigenvalue weighted by atomic mass is 16.0. The summed E-state index contributed by atoms with van der Waals surface area (Å²) in [6.07, 6.45) is 14.5. The van der Waals surface area contributed by atoms with E-state index in [0.29, 0.717) is 0 Å². The van der Waals surface area contributed by atoms with Crippen molar-refractivity contribution in [1.82, 2.24) is 0 Å². The maximum absolute atomic E-state index is 2.43. The van der Waals surface area contributed by atoms with Gasteiger partial charge in [-0.15, -0.1) is 0 Å². The molecular formula is C13H26O. The number of hydrogen-bond acceptors (Lipinski definition) is 0. The van der Waals surface area contributed by atoms with Gasteiger partial charge in [0.15, 0.2) is 0 Å². The molecule has 1 saturated carbocycles. The molecule has 0 spiro atoms. The van der Waals surface area contributed by atoms with E-state index in [9.17, 15) is 0 Å². The van der Waals surface area contributed by atoms with Crippen molar-refractivity contribution in [2.45, 2.75) is 58.8 Å². The number of allylic oxidation sites excluding steroid dienone is 2. The van der Waals surface area contributed by atoms with Gasteiger partial charge in [0.1, 0.15) is 0 Å². The third kappa shape index (κ3) is 4.80. The molecule has 0 aromatic carbocycles. The zero-order valence-electron chi connectivity index (χ0n) is 9.76. The van der Waals surface area contributed by atoms with Crippen LogP contribution < -0.4 is 0 Å². The van der Waals surface area contributed by atoms with Crippen LogP contribution in [0.3, 0.4) is 0 Å². The predicted octanol–water partition coefficient (Wildman–Crippen LogP) is 3.73. The maximum atomic E-state index is 2.43. The summed E-state index contributed by atoms with van der Waals surface area (Å²) in [5.41, 5.74) is 0. The van der Waals surface area contributed by atoms with Gasteiger partial charge in [0.25, 0.3) is 0 Å². The summed E-state index contributed by atoms with van der Waals surface area (Å²) >= 11 is 0. The topological polar surface area (TPSA) is 31.5 Å². The summed E-state index contributed by atoms with van der Waals surface area (Å²) in [5.74, 6) is 2.08. The lowest BCUT2D eigenvalue weighted by Gasteiger charge is -2.14. The summed E-state index contributed by atoms with van der Waals surface area (Å²) < 4.78 is 0. The van der Waals surface area contributed by atoms with E-state index in [2.05, 4.69) is 26.0 Å². The Hall–Kier alpha value is -0.300. The average molecular weight is 198 g/mol. The summed E-state index contributed by atoms with van der Waals surface area (Å²) in [4.78, 5) is 0. The normalized spacial score (nSPS) is 26.7. The van der Waals surface area contributed by atoms with Crippen molar-refractivity contribution in [3.8, 4) is 0 Å². The number of rotatable bonds is 5. The maximum Gasteiger partial charge on any atom is -0.0351 e. The molecule has 0 radical (unpaired) electrons. The molecule has 1 heteroatoms. The lowest BCUT2D eigenvalue weighted by Crippen LogP contribution is -2.03. The van der Waals surface area contributed by atoms with Gasteiger partial charge in [0, 0.05) is 0 Å². The van der Waals surface area contributed by atoms with Crippen LogP contribution in [0.5, 0.6) is 0 Å². The summed E-state index contributed by atoms with van der Waals surface area (Å²) in [6, 6.07) is 0. The summed E-state index contributed by atoms with van der Waals surface area (Å²) in [5, 5.41) is 0. The molecule has 84 valence electrons. The molecule has 2 N–H and O–H groups in total. The molecule has 0 amide bonds. The van der Waals surface area contributed by atoms with Crippen molar-refractivity contribution in [1.29, 1.82) is 0 Å². The molecule has 0 aromatic heterocycles. The molecular weight excluding hydrogens is 172 g/mol. The van der Waals surface area contributed by atoms with Crippen molar-refractivity contribution < 1.29 is 5.48 Å². The predicted molar refractivity (Wildman–Crippen MR) is 63.4 cm³/mol. The first kappa shape index (κ1) is 13.7. The fourth-order valence-corrected chi connectivity index (χ4v) is 2.49. The van der Waals surface area contributed by atoms with Crippen LogP contribution in [-0.4, -0.2) is 5.48 Å². The van der Waals surface area contributed by atoms with E-state index < -0.39 is 0 Å². The molecule has 2 atom stereocenters. The largest absolute Gasteiger partial charge is 0.412 e. The van der Waals surface area contributed by atoms with Gasteiger partial charge in [-0.25, -0.2) is 0 Å². The molecule has 0 bridgehead atoms. The Morgan fingerprint density at radius 2 is 2.00 bits per heavy atom. The van der Waals surface area contributed by atoms with Gasteiger partial charge in [-0.1, -0.05) is 51.2 Å². The Morgan fingerprint density at radius 3 is 2.57 bits per heavy atom. The summed E-state index contributed by atoms with van der Waals surface area (Å²) in [7, 11) is 0. The van der Waals surface area contributed by atoms with Crippen molar-refractivity contribution in [2.24, 2.45) is 11.8 Å². The Kier molecular flexibility index (Phi) is 7.87. The van der Waals surface area contributed by atoms with E-state index in [4.69, 9.17) is 0 Å². The molecule has 1 nitrogen and oxygen atoms in total. The number of hydrogen-bond donors (Lipinski definition) is 0. The molecule has 0 aromatic rings. The van der Waals surface area contributed by atoms with Gasteiger partial charge in [0.05, 0.1) is 0 Å². The lowest BCUT2D eigenvalue weighted by atomic mass is 9.92.